The normalized spacial score (nSPS) is 14.3. The van der Waals surface area contributed by atoms with Crippen molar-refractivity contribution in [2.45, 2.75) is 18.8 Å². The highest BCUT2D eigenvalue weighted by Crippen LogP contribution is 2.44. The van der Waals surface area contributed by atoms with E-state index in [1.165, 1.54) is 18.4 Å². The van der Waals surface area contributed by atoms with Crippen molar-refractivity contribution in [3.05, 3.63) is 53.3 Å². The third kappa shape index (κ3) is 2.35. The number of rotatable bonds is 3. The Kier molecular flexibility index (Phi) is 3.18. The lowest BCUT2D eigenvalue weighted by atomic mass is 10.1. The third-order valence-electron chi connectivity index (χ3n) is 4.66. The van der Waals surface area contributed by atoms with Crippen LogP contribution in [0.25, 0.3) is 27.9 Å². The van der Waals surface area contributed by atoms with Gasteiger partial charge in [0.1, 0.15) is 5.75 Å². The fourth-order valence-electron chi connectivity index (χ4n) is 3.24. The van der Waals surface area contributed by atoms with Gasteiger partial charge in [0, 0.05) is 10.9 Å². The maximum atomic E-state index is 6.36. The summed E-state index contributed by atoms with van der Waals surface area (Å²) in [5, 5.41) is 5.96. The molecule has 25 heavy (non-hydrogen) atoms. The van der Waals surface area contributed by atoms with Gasteiger partial charge in [0.25, 0.3) is 0 Å². The number of benzene rings is 2. The molecule has 1 fully saturated rings. The van der Waals surface area contributed by atoms with Crippen molar-refractivity contribution in [3.8, 4) is 17.1 Å². The van der Waals surface area contributed by atoms with Crippen LogP contribution in [0.2, 0.25) is 5.28 Å². The summed E-state index contributed by atoms with van der Waals surface area (Å²) < 4.78 is 6.85. The Morgan fingerprint density at radius 2 is 1.88 bits per heavy atom. The molecule has 2 heterocycles. The quantitative estimate of drug-likeness (QED) is 0.511. The summed E-state index contributed by atoms with van der Waals surface area (Å²) in [6.45, 7) is 0. The molecule has 0 amide bonds. The lowest BCUT2D eigenvalue weighted by Crippen LogP contribution is -1.97. The van der Waals surface area contributed by atoms with E-state index in [1.807, 2.05) is 36.4 Å². The van der Waals surface area contributed by atoms with E-state index in [1.54, 1.807) is 11.6 Å². The Morgan fingerprint density at radius 1 is 1.08 bits per heavy atom. The van der Waals surface area contributed by atoms with E-state index in [9.17, 15) is 0 Å². The maximum Gasteiger partial charge on any atom is 0.226 e. The second-order valence-corrected chi connectivity index (χ2v) is 6.63. The Morgan fingerprint density at radius 3 is 2.60 bits per heavy atom. The summed E-state index contributed by atoms with van der Waals surface area (Å²) in [5.41, 5.74) is 3.84. The van der Waals surface area contributed by atoms with Gasteiger partial charge in [-0.15, -0.1) is 5.10 Å². The van der Waals surface area contributed by atoms with E-state index in [-0.39, 0.29) is 0 Å². The topological polar surface area (TPSA) is 52.3 Å². The molecule has 1 saturated carbocycles. The second-order valence-electron chi connectivity index (χ2n) is 6.30. The van der Waals surface area contributed by atoms with E-state index in [0.717, 1.165) is 27.9 Å². The van der Waals surface area contributed by atoms with E-state index in [2.05, 4.69) is 16.1 Å². The highest BCUT2D eigenvalue weighted by molar-refractivity contribution is 6.29. The smallest absolute Gasteiger partial charge is 0.226 e. The number of methoxy groups -OCH3 is 1. The highest BCUT2D eigenvalue weighted by atomic mass is 35.5. The van der Waals surface area contributed by atoms with Crippen LogP contribution in [0.15, 0.2) is 42.5 Å². The van der Waals surface area contributed by atoms with Gasteiger partial charge in [-0.25, -0.2) is 9.97 Å². The molecule has 0 saturated heterocycles. The first-order chi connectivity index (χ1) is 12.2. The zero-order chi connectivity index (χ0) is 17.0. The summed E-state index contributed by atoms with van der Waals surface area (Å²) >= 11 is 6.36. The van der Waals surface area contributed by atoms with Gasteiger partial charge in [-0.05, 0) is 66.3 Å². The lowest BCUT2D eigenvalue weighted by molar-refractivity contribution is 0.415. The molecule has 2 aromatic heterocycles. The molecule has 0 unspecified atom stereocenters. The zero-order valence-corrected chi connectivity index (χ0v) is 14.4. The molecule has 5 nitrogen and oxygen atoms in total. The van der Waals surface area contributed by atoms with Gasteiger partial charge >= 0.3 is 0 Å². The van der Waals surface area contributed by atoms with Crippen molar-refractivity contribution >= 4 is 28.2 Å². The van der Waals surface area contributed by atoms with Gasteiger partial charge in [-0.2, -0.15) is 4.52 Å². The monoisotopic (exact) mass is 350 g/mol. The van der Waals surface area contributed by atoms with E-state index in [0.29, 0.717) is 17.0 Å². The maximum absolute atomic E-state index is 6.36. The minimum Gasteiger partial charge on any atom is -0.497 e. The summed E-state index contributed by atoms with van der Waals surface area (Å²) in [6.07, 6.45) is 2.43. The molecule has 5 rings (SSSR count). The molecule has 0 spiro atoms. The predicted molar refractivity (Wildman–Crippen MR) is 97.3 cm³/mol. The molecule has 0 N–H and O–H groups in total. The molecular weight excluding hydrogens is 336 g/mol. The van der Waals surface area contributed by atoms with Crippen LogP contribution in [-0.2, 0) is 0 Å². The number of halogens is 1. The van der Waals surface area contributed by atoms with Crippen LogP contribution in [0.4, 0.5) is 0 Å². The minimum absolute atomic E-state index is 0.322. The van der Waals surface area contributed by atoms with Crippen molar-refractivity contribution < 1.29 is 4.74 Å². The fourth-order valence-corrected chi connectivity index (χ4v) is 3.45. The van der Waals surface area contributed by atoms with Crippen LogP contribution in [0.3, 0.4) is 0 Å². The Bertz CT molecular complexity index is 1100. The SMILES string of the molecule is COc1ccc(-c2nc3c4c(C5CC5)cccc4nc(Cl)n3n2)cc1. The van der Waals surface area contributed by atoms with Crippen LogP contribution in [0.1, 0.15) is 24.3 Å². The van der Waals surface area contributed by atoms with Gasteiger partial charge in [0.2, 0.25) is 5.28 Å². The van der Waals surface area contributed by atoms with Crippen molar-refractivity contribution in [3.63, 3.8) is 0 Å². The highest BCUT2D eigenvalue weighted by Gasteiger charge is 2.27. The van der Waals surface area contributed by atoms with Crippen molar-refractivity contribution in [2.24, 2.45) is 0 Å². The number of ether oxygens (including phenoxy) is 1. The van der Waals surface area contributed by atoms with E-state index < -0.39 is 0 Å². The first-order valence-corrected chi connectivity index (χ1v) is 8.62. The van der Waals surface area contributed by atoms with Crippen LogP contribution in [-0.4, -0.2) is 26.7 Å². The molecule has 1 aliphatic rings. The molecular formula is C19H15ClN4O. The number of hydrogen-bond donors (Lipinski definition) is 0. The summed E-state index contributed by atoms with van der Waals surface area (Å²) in [4.78, 5) is 9.30. The summed E-state index contributed by atoms with van der Waals surface area (Å²) in [6, 6.07) is 13.9. The zero-order valence-electron chi connectivity index (χ0n) is 13.6. The van der Waals surface area contributed by atoms with E-state index in [4.69, 9.17) is 21.3 Å². The van der Waals surface area contributed by atoms with Crippen LogP contribution >= 0.6 is 11.6 Å². The molecule has 4 aromatic rings. The molecule has 124 valence electrons. The van der Waals surface area contributed by atoms with Gasteiger partial charge < -0.3 is 4.74 Å². The molecule has 2 aromatic carbocycles. The number of aromatic nitrogens is 4. The Hall–Kier alpha value is -2.66. The molecule has 0 aliphatic heterocycles. The molecule has 0 atom stereocenters. The van der Waals surface area contributed by atoms with Gasteiger partial charge in [0.05, 0.1) is 12.6 Å². The average molecular weight is 351 g/mol. The Balaban J connectivity index is 1.77. The minimum atomic E-state index is 0.322. The molecule has 1 aliphatic carbocycles. The van der Waals surface area contributed by atoms with Gasteiger partial charge in [-0.3, -0.25) is 0 Å². The molecule has 0 radical (unpaired) electrons. The third-order valence-corrected chi connectivity index (χ3v) is 4.90. The van der Waals surface area contributed by atoms with Gasteiger partial charge in [0.15, 0.2) is 11.5 Å². The summed E-state index contributed by atoms with van der Waals surface area (Å²) in [5.74, 6) is 2.02. The second kappa shape index (κ2) is 5.43. The summed E-state index contributed by atoms with van der Waals surface area (Å²) in [7, 11) is 1.65. The first-order valence-electron chi connectivity index (χ1n) is 8.24. The van der Waals surface area contributed by atoms with Crippen LogP contribution in [0.5, 0.6) is 5.75 Å². The van der Waals surface area contributed by atoms with Crippen molar-refractivity contribution in [2.75, 3.05) is 7.11 Å². The Labute approximate surface area is 149 Å². The van der Waals surface area contributed by atoms with Gasteiger partial charge in [-0.1, -0.05) is 12.1 Å². The number of nitrogens with zero attached hydrogens (tertiary/aromatic N) is 4. The van der Waals surface area contributed by atoms with Crippen molar-refractivity contribution in [1.29, 1.82) is 0 Å². The van der Waals surface area contributed by atoms with Crippen molar-refractivity contribution in [1.82, 2.24) is 19.6 Å². The molecule has 0 bridgehead atoms. The first kappa shape index (κ1) is 14.7. The van der Waals surface area contributed by atoms with E-state index >= 15 is 0 Å². The largest absolute Gasteiger partial charge is 0.497 e. The fraction of sp³-hybridized carbons (Fsp3) is 0.211. The lowest BCUT2D eigenvalue weighted by Gasteiger charge is -2.06. The van der Waals surface area contributed by atoms with Crippen LogP contribution in [0, 0.1) is 0 Å². The number of hydrogen-bond acceptors (Lipinski definition) is 4. The molecule has 6 heteroatoms. The number of fused-ring (bicyclic) bond motifs is 3. The average Bonchev–Trinajstić information content (AvgIpc) is 3.39. The van der Waals surface area contributed by atoms with Crippen LogP contribution < -0.4 is 4.74 Å². The standard InChI is InChI=1S/C19H15ClN4O/c1-25-13-9-7-12(8-10-13)17-22-18-16-14(11-5-6-11)3-2-4-15(16)21-19(20)24(18)23-17/h2-4,7-11H,5-6H2,1H3. The predicted octanol–water partition coefficient (Wildman–Crippen LogP) is 4.48.